The number of nitrogens with zero attached hydrogens (tertiary/aromatic N) is 4. The Labute approximate surface area is 102 Å². The molecule has 0 aliphatic carbocycles. The van der Waals surface area contributed by atoms with Gasteiger partial charge in [0.1, 0.15) is 11.2 Å². The van der Waals surface area contributed by atoms with Crippen molar-refractivity contribution in [2.24, 2.45) is 0 Å². The van der Waals surface area contributed by atoms with Gasteiger partial charge in [-0.3, -0.25) is 0 Å². The van der Waals surface area contributed by atoms with Gasteiger partial charge in [-0.15, -0.1) is 5.10 Å². The number of aryl methyl sites for hydroxylation is 1. The predicted octanol–water partition coefficient (Wildman–Crippen LogP) is 1.82. The average Bonchev–Trinajstić information content (AvgIpc) is 2.81. The smallest absolute Gasteiger partial charge is 0.203 e. The number of fused-ring (bicyclic) bond motifs is 1. The highest BCUT2D eigenvalue weighted by Gasteiger charge is 2.13. The molecule has 0 aliphatic heterocycles. The Hall–Kier alpha value is -2.50. The van der Waals surface area contributed by atoms with Crippen LogP contribution < -0.4 is 5.73 Å². The topological polar surface area (TPSA) is 69.1 Å². The fourth-order valence-electron chi connectivity index (χ4n) is 1.75. The van der Waals surface area contributed by atoms with E-state index in [0.29, 0.717) is 17.0 Å². The summed E-state index contributed by atoms with van der Waals surface area (Å²) in [5.74, 6) is 0.0108. The Morgan fingerprint density at radius 3 is 2.89 bits per heavy atom. The van der Waals surface area contributed by atoms with Crippen LogP contribution >= 0.6 is 0 Å². The first kappa shape index (κ1) is 10.6. The minimum absolute atomic E-state index is 0.109. The number of nitrogen functional groups attached to an aromatic ring is 1. The van der Waals surface area contributed by atoms with E-state index in [2.05, 4.69) is 15.1 Å². The molecule has 0 fully saturated rings. The van der Waals surface area contributed by atoms with Crippen LogP contribution in [0, 0.1) is 12.7 Å². The number of halogens is 1. The van der Waals surface area contributed by atoms with E-state index < -0.39 is 5.82 Å². The molecule has 90 valence electrons. The van der Waals surface area contributed by atoms with Crippen molar-refractivity contribution in [2.75, 3.05) is 5.73 Å². The van der Waals surface area contributed by atoms with Gasteiger partial charge in [0, 0.05) is 11.9 Å². The van der Waals surface area contributed by atoms with E-state index in [0.717, 1.165) is 0 Å². The van der Waals surface area contributed by atoms with Crippen LogP contribution in [-0.4, -0.2) is 19.6 Å². The maximum Gasteiger partial charge on any atom is 0.203 e. The lowest BCUT2D eigenvalue weighted by Crippen LogP contribution is -2.04. The van der Waals surface area contributed by atoms with Crippen molar-refractivity contribution in [3.8, 4) is 11.5 Å². The van der Waals surface area contributed by atoms with Crippen LogP contribution in [0.25, 0.3) is 17.0 Å². The summed E-state index contributed by atoms with van der Waals surface area (Å²) in [5.41, 5.74) is 7.30. The Kier molecular flexibility index (Phi) is 2.22. The van der Waals surface area contributed by atoms with Gasteiger partial charge in [-0.2, -0.15) is 0 Å². The van der Waals surface area contributed by atoms with Crippen molar-refractivity contribution >= 4 is 11.3 Å². The molecule has 3 rings (SSSR count). The van der Waals surface area contributed by atoms with Crippen LogP contribution in [-0.2, 0) is 0 Å². The van der Waals surface area contributed by atoms with E-state index >= 15 is 0 Å². The Morgan fingerprint density at radius 1 is 1.22 bits per heavy atom. The average molecular weight is 243 g/mol. The van der Waals surface area contributed by atoms with E-state index in [-0.39, 0.29) is 11.5 Å². The van der Waals surface area contributed by atoms with Crippen molar-refractivity contribution in [3.63, 3.8) is 0 Å². The summed E-state index contributed by atoms with van der Waals surface area (Å²) < 4.78 is 15.3. The zero-order valence-corrected chi connectivity index (χ0v) is 9.63. The third-order valence-corrected chi connectivity index (χ3v) is 2.62. The zero-order valence-electron chi connectivity index (χ0n) is 9.63. The van der Waals surface area contributed by atoms with Gasteiger partial charge < -0.3 is 5.73 Å². The van der Waals surface area contributed by atoms with Crippen LogP contribution in [0.15, 0.2) is 30.5 Å². The molecular formula is C12H10FN5. The van der Waals surface area contributed by atoms with Crippen molar-refractivity contribution in [2.45, 2.75) is 6.92 Å². The molecule has 0 aliphatic rings. The van der Waals surface area contributed by atoms with Crippen molar-refractivity contribution in [1.82, 2.24) is 19.6 Å². The highest BCUT2D eigenvalue weighted by molar-refractivity contribution is 5.67. The first-order chi connectivity index (χ1) is 8.65. The molecule has 0 saturated heterocycles. The molecule has 3 aromatic rings. The molecular weight excluding hydrogens is 233 g/mol. The van der Waals surface area contributed by atoms with Crippen molar-refractivity contribution in [3.05, 3.63) is 42.0 Å². The second kappa shape index (κ2) is 3.76. The first-order valence-electron chi connectivity index (χ1n) is 5.39. The number of rotatable bonds is 1. The predicted molar refractivity (Wildman–Crippen MR) is 65.3 cm³/mol. The molecule has 0 bridgehead atoms. The minimum atomic E-state index is -0.466. The van der Waals surface area contributed by atoms with Gasteiger partial charge in [-0.05, 0) is 31.2 Å². The summed E-state index contributed by atoms with van der Waals surface area (Å²) in [5, 5.41) is 4.19. The van der Waals surface area contributed by atoms with E-state index in [1.807, 2.05) is 0 Å². The van der Waals surface area contributed by atoms with E-state index in [1.165, 1.54) is 6.07 Å². The number of hydrogen-bond donors (Lipinski definition) is 1. The molecule has 5 nitrogen and oxygen atoms in total. The third-order valence-electron chi connectivity index (χ3n) is 2.62. The molecule has 0 aromatic carbocycles. The highest BCUT2D eigenvalue weighted by atomic mass is 19.1. The molecule has 6 heteroatoms. The number of nitrogens with two attached hydrogens (primary N) is 1. The van der Waals surface area contributed by atoms with Crippen LogP contribution in [0.5, 0.6) is 0 Å². The third kappa shape index (κ3) is 1.58. The number of hydrogen-bond acceptors (Lipinski definition) is 4. The lowest BCUT2D eigenvalue weighted by atomic mass is 10.3. The van der Waals surface area contributed by atoms with Gasteiger partial charge >= 0.3 is 0 Å². The van der Waals surface area contributed by atoms with Crippen molar-refractivity contribution in [1.29, 1.82) is 0 Å². The second-order valence-electron chi connectivity index (χ2n) is 3.94. The summed E-state index contributed by atoms with van der Waals surface area (Å²) in [6.45, 7) is 1.78. The molecule has 0 unspecified atom stereocenters. The molecule has 0 saturated carbocycles. The number of pyridine rings is 1. The largest absolute Gasteiger partial charge is 0.382 e. The Balaban J connectivity index is 2.27. The van der Waals surface area contributed by atoms with Gasteiger partial charge in [-0.25, -0.2) is 18.9 Å². The maximum atomic E-state index is 13.7. The molecule has 3 heterocycles. The maximum absolute atomic E-state index is 13.7. The van der Waals surface area contributed by atoms with Crippen LogP contribution in [0.4, 0.5) is 10.2 Å². The van der Waals surface area contributed by atoms with Crippen LogP contribution in [0.3, 0.4) is 0 Å². The molecule has 0 radical (unpaired) electrons. The van der Waals surface area contributed by atoms with E-state index in [1.54, 1.807) is 35.8 Å². The summed E-state index contributed by atoms with van der Waals surface area (Å²) in [6.07, 6.45) is 1.73. The molecule has 3 aromatic heterocycles. The van der Waals surface area contributed by atoms with Crippen LogP contribution in [0.1, 0.15) is 5.69 Å². The lowest BCUT2D eigenvalue weighted by Gasteiger charge is -2.05. The fourth-order valence-corrected chi connectivity index (χ4v) is 1.75. The summed E-state index contributed by atoms with van der Waals surface area (Å²) in [7, 11) is 0. The van der Waals surface area contributed by atoms with Gasteiger partial charge in [0.15, 0.2) is 11.6 Å². The minimum Gasteiger partial charge on any atom is -0.382 e. The molecule has 0 spiro atoms. The second-order valence-corrected chi connectivity index (χ2v) is 3.94. The van der Waals surface area contributed by atoms with E-state index in [4.69, 9.17) is 5.73 Å². The lowest BCUT2D eigenvalue weighted by molar-refractivity contribution is 0.622. The molecule has 18 heavy (non-hydrogen) atoms. The summed E-state index contributed by atoms with van der Waals surface area (Å²) in [4.78, 5) is 8.20. The molecule has 0 amide bonds. The van der Waals surface area contributed by atoms with Gasteiger partial charge in [0.2, 0.25) is 5.82 Å². The van der Waals surface area contributed by atoms with Gasteiger partial charge in [0.25, 0.3) is 0 Å². The van der Waals surface area contributed by atoms with Gasteiger partial charge in [0.05, 0.1) is 0 Å². The molecule has 2 N–H and O–H groups in total. The zero-order chi connectivity index (χ0) is 12.7. The molecule has 0 atom stereocenters. The summed E-state index contributed by atoms with van der Waals surface area (Å²) in [6, 6.07) is 6.52. The SMILES string of the molecule is Cc1ccc(F)c(-c2nc(N)c3cccn3n2)n1. The normalized spacial score (nSPS) is 11.0. The van der Waals surface area contributed by atoms with Crippen LogP contribution in [0.2, 0.25) is 0 Å². The summed E-state index contributed by atoms with van der Waals surface area (Å²) >= 11 is 0. The highest BCUT2D eigenvalue weighted by Crippen LogP contribution is 2.19. The van der Waals surface area contributed by atoms with Gasteiger partial charge in [-0.1, -0.05) is 0 Å². The Morgan fingerprint density at radius 2 is 2.06 bits per heavy atom. The first-order valence-corrected chi connectivity index (χ1v) is 5.39. The monoisotopic (exact) mass is 243 g/mol. The Bertz CT molecular complexity index is 734. The fraction of sp³-hybridized carbons (Fsp3) is 0.0833. The number of anilines is 1. The van der Waals surface area contributed by atoms with Crippen molar-refractivity contribution < 1.29 is 4.39 Å². The van der Waals surface area contributed by atoms with E-state index in [9.17, 15) is 4.39 Å². The quantitative estimate of drug-likeness (QED) is 0.707. The number of aromatic nitrogens is 4. The standard InChI is InChI=1S/C12H10FN5/c1-7-4-5-8(13)10(15-7)12-16-11(14)9-3-2-6-18(9)17-12/h2-6H,1H3,(H2,14,16,17).